The van der Waals surface area contributed by atoms with Crippen LogP contribution in [0, 0.1) is 16.0 Å². The van der Waals surface area contributed by atoms with Crippen LogP contribution in [0.5, 0.6) is 0 Å². The number of benzene rings is 1. The molecule has 0 atom stereocenters. The molecule has 0 aliphatic heterocycles. The summed E-state index contributed by atoms with van der Waals surface area (Å²) in [7, 11) is 0. The molecule has 0 amide bonds. The van der Waals surface area contributed by atoms with Gasteiger partial charge in [0.05, 0.1) is 15.5 Å². The van der Waals surface area contributed by atoms with Gasteiger partial charge in [-0.25, -0.2) is 4.39 Å². The van der Waals surface area contributed by atoms with Crippen LogP contribution in [-0.4, -0.2) is 9.55 Å². The molecule has 1 N–H and O–H groups in total. The average molecular weight is 343 g/mol. The average Bonchev–Trinajstić information content (AvgIpc) is 3.05. The molecule has 1 aliphatic rings. The van der Waals surface area contributed by atoms with Gasteiger partial charge in [0.1, 0.15) is 5.82 Å². The fourth-order valence-corrected chi connectivity index (χ4v) is 3.45. The van der Waals surface area contributed by atoms with Crippen LogP contribution in [0.1, 0.15) is 32.6 Å². The number of aromatic amines is 1. The van der Waals surface area contributed by atoms with E-state index >= 15 is 0 Å². The van der Waals surface area contributed by atoms with Crippen LogP contribution in [0.25, 0.3) is 11.0 Å². The molecule has 0 saturated heterocycles. The summed E-state index contributed by atoms with van der Waals surface area (Å²) >= 11 is 8.60. The normalized spacial score (nSPS) is 17.0. The van der Waals surface area contributed by atoms with Crippen LogP contribution < -0.4 is 0 Å². The third kappa shape index (κ3) is 2.38. The first kappa shape index (κ1) is 13.3. The van der Waals surface area contributed by atoms with Gasteiger partial charge in [-0.1, -0.05) is 13.3 Å². The Morgan fingerprint density at radius 1 is 1.47 bits per heavy atom. The van der Waals surface area contributed by atoms with Crippen molar-refractivity contribution >= 4 is 39.2 Å². The maximum Gasteiger partial charge on any atom is 0.178 e. The topological polar surface area (TPSA) is 20.7 Å². The van der Waals surface area contributed by atoms with Gasteiger partial charge in [0.2, 0.25) is 0 Å². The minimum absolute atomic E-state index is 0.240. The molecule has 1 aliphatic carbocycles. The number of hydrogen-bond donors (Lipinski definition) is 1. The number of aromatic nitrogens is 2. The molecule has 0 radical (unpaired) electrons. The van der Waals surface area contributed by atoms with Crippen LogP contribution in [0.2, 0.25) is 0 Å². The molecule has 5 heteroatoms. The van der Waals surface area contributed by atoms with Crippen molar-refractivity contribution in [2.45, 2.75) is 39.2 Å². The highest BCUT2D eigenvalue weighted by Gasteiger charge is 2.42. The van der Waals surface area contributed by atoms with Gasteiger partial charge >= 0.3 is 0 Å². The molecule has 0 spiro atoms. The molecule has 1 heterocycles. The zero-order valence-corrected chi connectivity index (χ0v) is 13.2. The standard InChI is InChI=1S/C14H16BrFN2S/c1-2-3-14(4-5-14)8-18-12-7-10(16)9(15)6-11(12)17-13(18)19/h6-7H,2-5,8H2,1H3,(H,17,19). The number of nitrogens with zero attached hydrogens (tertiary/aromatic N) is 1. The molecule has 0 bridgehead atoms. The van der Waals surface area contributed by atoms with E-state index in [1.165, 1.54) is 25.7 Å². The van der Waals surface area contributed by atoms with Crippen molar-refractivity contribution in [3.05, 3.63) is 27.2 Å². The fourth-order valence-electron chi connectivity index (χ4n) is 2.84. The van der Waals surface area contributed by atoms with Gasteiger partial charge in [-0.3, -0.25) is 0 Å². The van der Waals surface area contributed by atoms with Crippen LogP contribution in [0.3, 0.4) is 0 Å². The van der Waals surface area contributed by atoms with Crippen molar-refractivity contribution < 1.29 is 4.39 Å². The largest absolute Gasteiger partial charge is 0.331 e. The molecule has 102 valence electrons. The summed E-state index contributed by atoms with van der Waals surface area (Å²) < 4.78 is 16.9. The molecule has 1 aromatic heterocycles. The lowest BCUT2D eigenvalue weighted by Crippen LogP contribution is -2.11. The molecule has 1 aromatic carbocycles. The van der Waals surface area contributed by atoms with Crippen LogP contribution >= 0.6 is 28.1 Å². The van der Waals surface area contributed by atoms with E-state index in [9.17, 15) is 4.39 Å². The van der Waals surface area contributed by atoms with E-state index in [-0.39, 0.29) is 5.82 Å². The third-order valence-corrected chi connectivity index (χ3v) is 4.98. The molecule has 2 nitrogen and oxygen atoms in total. The third-order valence-electron chi connectivity index (χ3n) is 4.05. The number of halogens is 2. The van der Waals surface area contributed by atoms with Crippen molar-refractivity contribution in [1.82, 2.24) is 9.55 Å². The Morgan fingerprint density at radius 2 is 2.21 bits per heavy atom. The Morgan fingerprint density at radius 3 is 2.84 bits per heavy atom. The molecule has 19 heavy (non-hydrogen) atoms. The summed E-state index contributed by atoms with van der Waals surface area (Å²) in [5, 5.41) is 0. The number of rotatable bonds is 4. The maximum absolute atomic E-state index is 13.7. The lowest BCUT2D eigenvalue weighted by atomic mass is 10.0. The van der Waals surface area contributed by atoms with E-state index in [0.29, 0.717) is 14.7 Å². The van der Waals surface area contributed by atoms with Crippen LogP contribution in [-0.2, 0) is 6.54 Å². The lowest BCUT2D eigenvalue weighted by molar-refractivity contribution is 0.391. The van der Waals surface area contributed by atoms with E-state index in [1.807, 2.05) is 0 Å². The minimum atomic E-state index is -0.240. The lowest BCUT2D eigenvalue weighted by Gasteiger charge is -2.15. The van der Waals surface area contributed by atoms with Crippen LogP contribution in [0.4, 0.5) is 4.39 Å². The molecule has 1 fully saturated rings. The summed E-state index contributed by atoms with van der Waals surface area (Å²) in [4.78, 5) is 3.17. The van der Waals surface area contributed by atoms with Gasteiger partial charge < -0.3 is 9.55 Å². The van der Waals surface area contributed by atoms with E-state index in [1.54, 1.807) is 12.1 Å². The molecule has 3 rings (SSSR count). The van der Waals surface area contributed by atoms with Gasteiger partial charge in [0.15, 0.2) is 4.77 Å². The van der Waals surface area contributed by atoms with E-state index in [2.05, 4.69) is 32.4 Å². The highest BCUT2D eigenvalue weighted by Crippen LogP contribution is 2.51. The first-order valence-electron chi connectivity index (χ1n) is 6.62. The van der Waals surface area contributed by atoms with E-state index < -0.39 is 0 Å². The minimum Gasteiger partial charge on any atom is -0.331 e. The van der Waals surface area contributed by atoms with Crippen molar-refractivity contribution in [2.24, 2.45) is 5.41 Å². The van der Waals surface area contributed by atoms with Gasteiger partial charge in [-0.05, 0) is 58.9 Å². The number of imidazole rings is 1. The summed E-state index contributed by atoms with van der Waals surface area (Å²) in [6.07, 6.45) is 4.93. The Bertz CT molecular complexity index is 685. The fraction of sp³-hybridized carbons (Fsp3) is 0.500. The number of fused-ring (bicyclic) bond motifs is 1. The predicted molar refractivity (Wildman–Crippen MR) is 81.4 cm³/mol. The first-order chi connectivity index (χ1) is 9.04. The summed E-state index contributed by atoms with van der Waals surface area (Å²) in [5.74, 6) is -0.240. The Hall–Kier alpha value is -0.680. The molecule has 2 aromatic rings. The second-order valence-electron chi connectivity index (χ2n) is 5.55. The predicted octanol–water partition coefficient (Wildman–Crippen LogP) is 5.18. The highest BCUT2D eigenvalue weighted by molar-refractivity contribution is 9.10. The summed E-state index contributed by atoms with van der Waals surface area (Å²) in [6.45, 7) is 3.12. The second-order valence-corrected chi connectivity index (χ2v) is 6.79. The van der Waals surface area contributed by atoms with Crippen molar-refractivity contribution in [2.75, 3.05) is 0 Å². The number of H-pyrrole nitrogens is 1. The summed E-state index contributed by atoms with van der Waals surface area (Å²) in [6, 6.07) is 3.32. The first-order valence-corrected chi connectivity index (χ1v) is 7.82. The zero-order valence-electron chi connectivity index (χ0n) is 10.8. The Kier molecular flexibility index (Phi) is 3.29. The van der Waals surface area contributed by atoms with Crippen LogP contribution in [0.15, 0.2) is 16.6 Å². The number of hydrogen-bond acceptors (Lipinski definition) is 1. The Balaban J connectivity index is 2.06. The summed E-state index contributed by atoms with van der Waals surface area (Å²) in [5.41, 5.74) is 2.16. The van der Waals surface area contributed by atoms with Crippen molar-refractivity contribution in [3.63, 3.8) is 0 Å². The molecular weight excluding hydrogens is 327 g/mol. The molecule has 1 saturated carbocycles. The smallest absolute Gasteiger partial charge is 0.178 e. The SMILES string of the molecule is CCCC1(Cn2c(=S)[nH]c3cc(Br)c(F)cc32)CC1. The van der Waals surface area contributed by atoms with Gasteiger partial charge in [-0.15, -0.1) is 0 Å². The number of nitrogens with one attached hydrogen (secondary N) is 1. The molecular formula is C14H16BrFN2S. The van der Waals surface area contributed by atoms with E-state index in [0.717, 1.165) is 17.6 Å². The zero-order chi connectivity index (χ0) is 13.6. The quantitative estimate of drug-likeness (QED) is 0.759. The second kappa shape index (κ2) is 4.70. The highest BCUT2D eigenvalue weighted by atomic mass is 79.9. The van der Waals surface area contributed by atoms with Crippen molar-refractivity contribution in [3.8, 4) is 0 Å². The Labute approximate surface area is 125 Å². The monoisotopic (exact) mass is 342 g/mol. The van der Waals surface area contributed by atoms with Gasteiger partial charge in [-0.2, -0.15) is 0 Å². The van der Waals surface area contributed by atoms with Gasteiger partial charge in [0.25, 0.3) is 0 Å². The maximum atomic E-state index is 13.7. The molecule has 0 unspecified atom stereocenters. The van der Waals surface area contributed by atoms with E-state index in [4.69, 9.17) is 12.2 Å². The van der Waals surface area contributed by atoms with Crippen molar-refractivity contribution in [1.29, 1.82) is 0 Å². The van der Waals surface area contributed by atoms with Gasteiger partial charge in [0, 0.05) is 12.6 Å².